The van der Waals surface area contributed by atoms with Crippen LogP contribution in [0.1, 0.15) is 26.7 Å². The van der Waals surface area contributed by atoms with E-state index in [1.54, 1.807) is 0 Å². The first kappa shape index (κ1) is 8.54. The summed E-state index contributed by atoms with van der Waals surface area (Å²) >= 11 is 3.64. The van der Waals surface area contributed by atoms with Crippen LogP contribution in [0.25, 0.3) is 0 Å². The van der Waals surface area contributed by atoms with E-state index in [0.29, 0.717) is 0 Å². The van der Waals surface area contributed by atoms with Crippen LogP contribution in [-0.2, 0) is 0 Å². The van der Waals surface area contributed by atoms with Crippen LogP contribution in [0.15, 0.2) is 0 Å². The average molecular weight is 206 g/mol. The summed E-state index contributed by atoms with van der Waals surface area (Å²) in [5.41, 5.74) is 0. The first-order valence-corrected chi connectivity index (χ1v) is 5.00. The Morgan fingerprint density at radius 1 is 1.30 bits per heavy atom. The van der Waals surface area contributed by atoms with Crippen LogP contribution in [0.2, 0.25) is 0 Å². The highest BCUT2D eigenvalue weighted by atomic mass is 79.9. The average Bonchev–Trinajstić information content (AvgIpc) is 1.88. The molecule has 10 heavy (non-hydrogen) atoms. The number of rotatable bonds is 1. The molecule has 0 radical (unpaired) electrons. The molecule has 0 N–H and O–H groups in total. The fourth-order valence-corrected chi connectivity index (χ4v) is 1.79. The van der Waals surface area contributed by atoms with E-state index in [9.17, 15) is 0 Å². The van der Waals surface area contributed by atoms with Crippen molar-refractivity contribution in [3.63, 3.8) is 0 Å². The van der Waals surface area contributed by atoms with E-state index in [-0.39, 0.29) is 0 Å². The number of nitrogens with zero attached hydrogens (tertiary/aromatic N) is 1. The molecule has 0 aromatic rings. The third-order valence-electron chi connectivity index (χ3n) is 2.19. The number of halogens is 1. The van der Waals surface area contributed by atoms with E-state index in [0.717, 1.165) is 10.9 Å². The zero-order valence-corrected chi connectivity index (χ0v) is 8.39. The van der Waals surface area contributed by atoms with Gasteiger partial charge in [0.1, 0.15) is 0 Å². The molecule has 0 amide bonds. The summed E-state index contributed by atoms with van der Waals surface area (Å²) < 4.78 is 0. The predicted octanol–water partition coefficient (Wildman–Crippen LogP) is 2.25. The van der Waals surface area contributed by atoms with Gasteiger partial charge < -0.3 is 4.90 Å². The first-order chi connectivity index (χ1) is 4.70. The number of likely N-dealkylation sites (tertiary alicyclic amines) is 1. The van der Waals surface area contributed by atoms with Gasteiger partial charge in [0.05, 0.1) is 0 Å². The fraction of sp³-hybridized carbons (Fsp3) is 1.00. The van der Waals surface area contributed by atoms with Crippen molar-refractivity contribution in [3.8, 4) is 0 Å². The van der Waals surface area contributed by atoms with Crippen LogP contribution in [0, 0.1) is 0 Å². The Labute approximate surface area is 71.9 Å². The summed E-state index contributed by atoms with van der Waals surface area (Å²) in [6.07, 6.45) is 2.64. The molecule has 0 aliphatic carbocycles. The fourth-order valence-electron chi connectivity index (χ4n) is 1.38. The van der Waals surface area contributed by atoms with E-state index in [2.05, 4.69) is 34.7 Å². The van der Waals surface area contributed by atoms with Gasteiger partial charge >= 0.3 is 0 Å². The standard InChI is InChI=1S/C8H16BrN/c1-7(2)10-5-3-8(9)4-6-10/h7-8H,3-6H2,1-2H3. The van der Waals surface area contributed by atoms with Crippen molar-refractivity contribution in [1.82, 2.24) is 4.90 Å². The molecule has 0 aromatic carbocycles. The lowest BCUT2D eigenvalue weighted by molar-refractivity contribution is 0.189. The molecule has 0 saturated carbocycles. The maximum atomic E-state index is 3.64. The number of alkyl halides is 1. The molecule has 0 spiro atoms. The summed E-state index contributed by atoms with van der Waals surface area (Å²) in [4.78, 5) is 3.32. The number of hydrogen-bond donors (Lipinski definition) is 0. The van der Waals surface area contributed by atoms with Gasteiger partial charge in [-0.15, -0.1) is 0 Å². The molecular weight excluding hydrogens is 190 g/mol. The van der Waals surface area contributed by atoms with Gasteiger partial charge in [0.15, 0.2) is 0 Å². The smallest absolute Gasteiger partial charge is 0.0170 e. The molecule has 1 heterocycles. The number of hydrogen-bond acceptors (Lipinski definition) is 1. The first-order valence-electron chi connectivity index (χ1n) is 4.08. The molecule has 60 valence electrons. The second kappa shape index (κ2) is 3.72. The van der Waals surface area contributed by atoms with Gasteiger partial charge in [0.25, 0.3) is 0 Å². The molecule has 1 aliphatic heterocycles. The van der Waals surface area contributed by atoms with Crippen molar-refractivity contribution >= 4 is 15.9 Å². The second-order valence-electron chi connectivity index (χ2n) is 3.30. The summed E-state index contributed by atoms with van der Waals surface area (Å²) in [5, 5.41) is 0. The molecule has 1 nitrogen and oxygen atoms in total. The monoisotopic (exact) mass is 205 g/mol. The molecule has 0 bridgehead atoms. The maximum absolute atomic E-state index is 3.64. The van der Waals surface area contributed by atoms with Crippen molar-refractivity contribution in [2.24, 2.45) is 0 Å². The second-order valence-corrected chi connectivity index (χ2v) is 4.60. The lowest BCUT2D eigenvalue weighted by atomic mass is 10.1. The van der Waals surface area contributed by atoms with Crippen molar-refractivity contribution in [2.75, 3.05) is 13.1 Å². The molecule has 1 fully saturated rings. The van der Waals surface area contributed by atoms with Gasteiger partial charge in [0.2, 0.25) is 0 Å². The highest BCUT2D eigenvalue weighted by Gasteiger charge is 2.17. The zero-order valence-electron chi connectivity index (χ0n) is 6.81. The summed E-state index contributed by atoms with van der Waals surface area (Å²) in [7, 11) is 0. The van der Waals surface area contributed by atoms with Crippen molar-refractivity contribution < 1.29 is 0 Å². The number of piperidine rings is 1. The lowest BCUT2D eigenvalue weighted by Crippen LogP contribution is -2.38. The van der Waals surface area contributed by atoms with Gasteiger partial charge in [-0.25, -0.2) is 0 Å². The Morgan fingerprint density at radius 2 is 1.80 bits per heavy atom. The van der Waals surface area contributed by atoms with Crippen molar-refractivity contribution in [2.45, 2.75) is 37.6 Å². The topological polar surface area (TPSA) is 3.24 Å². The van der Waals surface area contributed by atoms with Crippen LogP contribution < -0.4 is 0 Å². The largest absolute Gasteiger partial charge is 0.301 e. The highest BCUT2D eigenvalue weighted by molar-refractivity contribution is 9.09. The SMILES string of the molecule is CC(C)N1CCC(Br)CC1. The van der Waals surface area contributed by atoms with Gasteiger partial charge in [0, 0.05) is 10.9 Å². The lowest BCUT2D eigenvalue weighted by Gasteiger charge is -2.32. The van der Waals surface area contributed by atoms with Crippen LogP contribution >= 0.6 is 15.9 Å². The van der Waals surface area contributed by atoms with Crippen molar-refractivity contribution in [1.29, 1.82) is 0 Å². The molecular formula is C8H16BrN. The summed E-state index contributed by atoms with van der Waals surface area (Å²) in [6, 6.07) is 0.736. The Bertz CT molecular complexity index is 95.4. The molecule has 0 unspecified atom stereocenters. The van der Waals surface area contributed by atoms with Gasteiger partial charge in [-0.2, -0.15) is 0 Å². The van der Waals surface area contributed by atoms with E-state index < -0.39 is 0 Å². The van der Waals surface area contributed by atoms with E-state index in [1.165, 1.54) is 25.9 Å². The minimum absolute atomic E-state index is 0.736. The Kier molecular flexibility index (Phi) is 3.18. The summed E-state index contributed by atoms with van der Waals surface area (Å²) in [6.45, 7) is 7.09. The maximum Gasteiger partial charge on any atom is 0.0170 e. The minimum Gasteiger partial charge on any atom is -0.301 e. The third kappa shape index (κ3) is 2.24. The van der Waals surface area contributed by atoms with Crippen LogP contribution in [0.4, 0.5) is 0 Å². The Balaban J connectivity index is 2.26. The molecule has 1 rings (SSSR count). The van der Waals surface area contributed by atoms with Crippen LogP contribution in [-0.4, -0.2) is 28.9 Å². The van der Waals surface area contributed by atoms with Gasteiger partial charge in [-0.3, -0.25) is 0 Å². The zero-order chi connectivity index (χ0) is 7.56. The third-order valence-corrected chi connectivity index (χ3v) is 3.11. The summed E-state index contributed by atoms with van der Waals surface area (Å²) in [5.74, 6) is 0. The molecule has 1 saturated heterocycles. The van der Waals surface area contributed by atoms with Crippen molar-refractivity contribution in [3.05, 3.63) is 0 Å². The minimum atomic E-state index is 0.736. The van der Waals surface area contributed by atoms with Gasteiger partial charge in [-0.05, 0) is 39.8 Å². The quantitative estimate of drug-likeness (QED) is 0.595. The molecule has 0 atom stereocenters. The molecule has 0 aromatic heterocycles. The predicted molar refractivity (Wildman–Crippen MR) is 48.7 cm³/mol. The van der Waals surface area contributed by atoms with Crippen LogP contribution in [0.5, 0.6) is 0 Å². The van der Waals surface area contributed by atoms with E-state index in [1.807, 2.05) is 0 Å². The molecule has 2 heteroatoms. The Hall–Kier alpha value is 0.440. The van der Waals surface area contributed by atoms with Gasteiger partial charge in [-0.1, -0.05) is 15.9 Å². The highest BCUT2D eigenvalue weighted by Crippen LogP contribution is 2.18. The van der Waals surface area contributed by atoms with E-state index in [4.69, 9.17) is 0 Å². The van der Waals surface area contributed by atoms with E-state index >= 15 is 0 Å². The normalized spacial score (nSPS) is 24.0. The Morgan fingerprint density at radius 3 is 2.20 bits per heavy atom. The molecule has 1 aliphatic rings. The van der Waals surface area contributed by atoms with Crippen LogP contribution in [0.3, 0.4) is 0 Å².